The Bertz CT molecular complexity index is 713. The van der Waals surface area contributed by atoms with Crippen molar-refractivity contribution in [3.63, 3.8) is 0 Å². The predicted octanol–water partition coefficient (Wildman–Crippen LogP) is 14.1. The molecule has 0 spiro atoms. The Morgan fingerprint density at radius 1 is 0.434 bits per heavy atom. The van der Waals surface area contributed by atoms with Gasteiger partial charge in [-0.3, -0.25) is 9.59 Å². The number of esters is 2. The van der Waals surface area contributed by atoms with Gasteiger partial charge in [-0.2, -0.15) is 0 Å². The maximum absolute atomic E-state index is 12.4. The minimum absolute atomic E-state index is 0.0128. The molecule has 0 aromatic carbocycles. The van der Waals surface area contributed by atoms with Crippen molar-refractivity contribution < 1.29 is 24.2 Å². The lowest BCUT2D eigenvalue weighted by atomic mass is 10.0. The van der Waals surface area contributed by atoms with Gasteiger partial charge < -0.3 is 19.5 Å². The van der Waals surface area contributed by atoms with E-state index in [2.05, 4.69) is 39.5 Å². The molecule has 318 valence electrons. The van der Waals surface area contributed by atoms with Crippen LogP contribution in [0.25, 0.3) is 0 Å². The lowest BCUT2D eigenvalue weighted by Crippen LogP contribution is -2.29. The van der Waals surface area contributed by atoms with Crippen LogP contribution in [0.3, 0.4) is 0 Å². The minimum Gasteiger partial charge on any atom is -0.466 e. The van der Waals surface area contributed by atoms with Crippen LogP contribution < -0.4 is 0 Å². The Morgan fingerprint density at radius 3 is 1.32 bits per heavy atom. The van der Waals surface area contributed by atoms with Crippen LogP contribution in [0.4, 0.5) is 0 Å². The molecule has 0 saturated heterocycles. The third-order valence-corrected chi connectivity index (χ3v) is 10.4. The molecule has 0 fully saturated rings. The fourth-order valence-corrected chi connectivity index (χ4v) is 6.90. The molecule has 0 bridgehead atoms. The van der Waals surface area contributed by atoms with Gasteiger partial charge in [0.05, 0.1) is 13.2 Å². The third-order valence-electron chi connectivity index (χ3n) is 10.4. The zero-order valence-corrected chi connectivity index (χ0v) is 36.7. The second-order valence-electron chi connectivity index (χ2n) is 15.8. The summed E-state index contributed by atoms with van der Waals surface area (Å²) in [6.07, 6.45) is 40.1. The van der Waals surface area contributed by atoms with E-state index in [-0.39, 0.29) is 24.6 Å². The smallest absolute Gasteiger partial charge is 0.306 e. The van der Waals surface area contributed by atoms with Crippen LogP contribution in [-0.2, 0) is 19.1 Å². The lowest BCUT2D eigenvalue weighted by Gasteiger charge is -2.21. The van der Waals surface area contributed by atoms with Crippen molar-refractivity contribution in [3.05, 3.63) is 0 Å². The number of aliphatic hydroxyl groups excluding tert-OH is 1. The molecular weight excluding hydrogens is 659 g/mol. The number of carbonyl (C=O) groups is 2. The highest BCUT2D eigenvalue weighted by Crippen LogP contribution is 2.16. The number of aliphatic hydroxyl groups is 1. The number of carbonyl (C=O) groups excluding carboxylic acids is 2. The summed E-state index contributed by atoms with van der Waals surface area (Å²) in [4.78, 5) is 26.8. The zero-order chi connectivity index (χ0) is 39.3. The topological polar surface area (TPSA) is 76.1 Å². The first-order valence-electron chi connectivity index (χ1n) is 23.7. The normalized spacial score (nSPS) is 11.8. The Kier molecular flexibility index (Phi) is 47.9. The molecule has 0 aliphatic rings. The fourth-order valence-electron chi connectivity index (χ4n) is 6.90. The maximum atomic E-state index is 12.4. The summed E-state index contributed by atoms with van der Waals surface area (Å²) in [7, 11) is 0. The standard InChI is InChI=1S/C41H81NO5.C6H14/c1-4-7-9-11-13-14-15-16-17-22-29-38-46-40(44)32-26-23-28-35-42(36-37-43)34-27-21-18-20-25-33-41(45)47-39(30-6-3)31-24-19-12-10-8-5-2;1-3-5-6-4-2/h39,43H,4-38H2,1-3H3;3-6H2,1-2H3. The number of nitrogens with zero attached hydrogens (tertiary/aromatic N) is 1. The van der Waals surface area contributed by atoms with Gasteiger partial charge in [0.15, 0.2) is 0 Å². The van der Waals surface area contributed by atoms with Crippen molar-refractivity contribution in [3.8, 4) is 0 Å². The molecule has 0 aromatic rings. The third kappa shape index (κ3) is 45.1. The van der Waals surface area contributed by atoms with Crippen molar-refractivity contribution in [1.29, 1.82) is 0 Å². The number of unbranched alkanes of at least 4 members (excludes halogenated alkanes) is 24. The molecule has 0 heterocycles. The number of ether oxygens (including phenoxy) is 2. The van der Waals surface area contributed by atoms with Crippen molar-refractivity contribution >= 4 is 11.9 Å². The molecule has 6 heteroatoms. The monoisotopic (exact) mass is 754 g/mol. The van der Waals surface area contributed by atoms with Gasteiger partial charge in [-0.25, -0.2) is 0 Å². The van der Waals surface area contributed by atoms with Crippen LogP contribution in [0, 0.1) is 0 Å². The Morgan fingerprint density at radius 2 is 0.830 bits per heavy atom. The molecule has 1 unspecified atom stereocenters. The molecule has 0 amide bonds. The van der Waals surface area contributed by atoms with E-state index in [1.54, 1.807) is 0 Å². The van der Waals surface area contributed by atoms with Crippen LogP contribution in [0.5, 0.6) is 0 Å². The van der Waals surface area contributed by atoms with Crippen LogP contribution in [-0.4, -0.2) is 60.9 Å². The largest absolute Gasteiger partial charge is 0.466 e. The van der Waals surface area contributed by atoms with E-state index in [1.165, 1.54) is 122 Å². The van der Waals surface area contributed by atoms with Gasteiger partial charge in [0.25, 0.3) is 0 Å². The fraction of sp³-hybridized carbons (Fsp3) is 0.957. The highest BCUT2D eigenvalue weighted by Gasteiger charge is 2.13. The first kappa shape index (κ1) is 54.0. The van der Waals surface area contributed by atoms with Gasteiger partial charge in [-0.15, -0.1) is 0 Å². The molecule has 0 aliphatic carbocycles. The van der Waals surface area contributed by atoms with Crippen molar-refractivity contribution in [2.24, 2.45) is 0 Å². The molecule has 1 N–H and O–H groups in total. The van der Waals surface area contributed by atoms with Gasteiger partial charge in [0, 0.05) is 19.4 Å². The van der Waals surface area contributed by atoms with Gasteiger partial charge in [0.2, 0.25) is 0 Å². The average molecular weight is 754 g/mol. The van der Waals surface area contributed by atoms with E-state index in [4.69, 9.17) is 9.47 Å². The second-order valence-corrected chi connectivity index (χ2v) is 15.8. The highest BCUT2D eigenvalue weighted by molar-refractivity contribution is 5.69. The molecule has 0 rings (SSSR count). The molecule has 0 saturated carbocycles. The van der Waals surface area contributed by atoms with Crippen LogP contribution in [0.15, 0.2) is 0 Å². The Hall–Kier alpha value is -1.14. The summed E-state index contributed by atoms with van der Waals surface area (Å²) in [6, 6.07) is 0. The molecule has 0 aromatic heterocycles. The molecule has 0 aliphatic heterocycles. The molecule has 53 heavy (non-hydrogen) atoms. The van der Waals surface area contributed by atoms with E-state index < -0.39 is 0 Å². The highest BCUT2D eigenvalue weighted by atomic mass is 16.5. The van der Waals surface area contributed by atoms with E-state index in [1.807, 2.05) is 0 Å². The second kappa shape index (κ2) is 47.0. The van der Waals surface area contributed by atoms with Crippen molar-refractivity contribution in [1.82, 2.24) is 4.90 Å². The average Bonchev–Trinajstić information content (AvgIpc) is 3.15. The van der Waals surface area contributed by atoms with Crippen molar-refractivity contribution in [2.45, 2.75) is 259 Å². The maximum Gasteiger partial charge on any atom is 0.306 e. The first-order chi connectivity index (χ1) is 26.0. The SMILES string of the molecule is CCCCCC.CCCCCCCCCCCCCOC(=O)CCCCCN(CCO)CCCCCCCC(=O)OC(CCC)CCCCCCCC. The number of rotatable bonds is 41. The van der Waals surface area contributed by atoms with Crippen LogP contribution >= 0.6 is 0 Å². The van der Waals surface area contributed by atoms with Crippen LogP contribution in [0.1, 0.15) is 253 Å². The summed E-state index contributed by atoms with van der Waals surface area (Å²) >= 11 is 0. The van der Waals surface area contributed by atoms with Gasteiger partial charge >= 0.3 is 11.9 Å². The molecule has 6 nitrogen and oxygen atoms in total. The summed E-state index contributed by atoms with van der Waals surface area (Å²) < 4.78 is 11.3. The van der Waals surface area contributed by atoms with E-state index in [9.17, 15) is 14.7 Å². The summed E-state index contributed by atoms with van der Waals surface area (Å²) in [5.74, 6) is -0.0624. The van der Waals surface area contributed by atoms with Gasteiger partial charge in [-0.1, -0.05) is 189 Å². The minimum atomic E-state index is -0.0495. The number of hydrogen-bond donors (Lipinski definition) is 1. The van der Waals surface area contributed by atoms with E-state index in [0.717, 1.165) is 96.6 Å². The molecular formula is C47H95NO5. The van der Waals surface area contributed by atoms with Gasteiger partial charge in [-0.05, 0) is 64.5 Å². The van der Waals surface area contributed by atoms with Crippen molar-refractivity contribution in [2.75, 3.05) is 32.8 Å². The van der Waals surface area contributed by atoms with Crippen LogP contribution in [0.2, 0.25) is 0 Å². The summed E-state index contributed by atoms with van der Waals surface area (Å²) in [6.45, 7) is 14.6. The summed E-state index contributed by atoms with van der Waals surface area (Å²) in [5.41, 5.74) is 0. The first-order valence-corrected chi connectivity index (χ1v) is 23.7. The number of hydrogen-bond acceptors (Lipinski definition) is 6. The quantitative estimate of drug-likeness (QED) is 0.0495. The van der Waals surface area contributed by atoms with E-state index in [0.29, 0.717) is 26.0 Å². The lowest BCUT2D eigenvalue weighted by molar-refractivity contribution is -0.150. The predicted molar refractivity (Wildman–Crippen MR) is 230 cm³/mol. The van der Waals surface area contributed by atoms with Gasteiger partial charge in [0.1, 0.15) is 6.10 Å². The zero-order valence-electron chi connectivity index (χ0n) is 36.7. The summed E-state index contributed by atoms with van der Waals surface area (Å²) in [5, 5.41) is 9.49. The Labute approximate surface area is 332 Å². The Balaban J connectivity index is 0. The molecule has 1 atom stereocenters. The van der Waals surface area contributed by atoms with E-state index >= 15 is 0 Å². The molecule has 0 radical (unpaired) electrons.